The van der Waals surface area contributed by atoms with E-state index in [1.165, 1.54) is 0 Å². The highest BCUT2D eigenvalue weighted by Gasteiger charge is 2.28. The number of rotatable bonds is 9. The minimum Gasteiger partial charge on any atom is -0.494 e. The second kappa shape index (κ2) is 12.8. The molecule has 2 saturated heterocycles. The quantitative estimate of drug-likeness (QED) is 0.376. The molecule has 3 aromatic rings. The Morgan fingerprint density at radius 3 is 2.33 bits per heavy atom. The molecular weight excluding hydrogens is 532 g/mol. The molecule has 0 N–H and O–H groups in total. The number of piperidine rings is 1. The number of nitrogens with zero attached hydrogens (tertiary/aromatic N) is 4. The van der Waals surface area contributed by atoms with E-state index in [1.807, 2.05) is 43.3 Å². The molecule has 0 amide bonds. The molecule has 10 heteroatoms. The standard InChI is InChI=1S/C29H38N4O4S2/c1-3-37-26-8-6-25(7-9-26)30-29-33(17-16-31-18-20-36-21-19-31)28(22-38-29)24-4-10-27(11-5-24)39(34,35)32-14-12-23(2)13-15-32/h4-11,22-23H,3,12-21H2,1-2H3. The van der Waals surface area contributed by atoms with E-state index in [2.05, 4.69) is 21.8 Å². The summed E-state index contributed by atoms with van der Waals surface area (Å²) in [6.45, 7) is 11.0. The molecule has 1 aromatic heterocycles. The third-order valence-electron chi connectivity index (χ3n) is 7.44. The number of ether oxygens (including phenoxy) is 2. The first-order valence-corrected chi connectivity index (χ1v) is 16.1. The molecule has 2 aliphatic heterocycles. The molecule has 210 valence electrons. The maximum absolute atomic E-state index is 13.2. The summed E-state index contributed by atoms with van der Waals surface area (Å²) in [5, 5.41) is 2.11. The van der Waals surface area contributed by atoms with Gasteiger partial charge in [0.2, 0.25) is 10.0 Å². The van der Waals surface area contributed by atoms with E-state index >= 15 is 0 Å². The fourth-order valence-corrected chi connectivity index (χ4v) is 7.42. The van der Waals surface area contributed by atoms with Gasteiger partial charge in [-0.15, -0.1) is 11.3 Å². The summed E-state index contributed by atoms with van der Waals surface area (Å²) in [4.78, 5) is 8.63. The second-order valence-electron chi connectivity index (χ2n) is 10.2. The minimum atomic E-state index is -3.48. The molecule has 2 aromatic carbocycles. The third kappa shape index (κ3) is 6.81. The van der Waals surface area contributed by atoms with Gasteiger partial charge in [0.25, 0.3) is 0 Å². The largest absolute Gasteiger partial charge is 0.494 e. The first-order chi connectivity index (χ1) is 18.9. The van der Waals surface area contributed by atoms with Crippen LogP contribution in [0.1, 0.15) is 26.7 Å². The van der Waals surface area contributed by atoms with Crippen LogP contribution in [-0.2, 0) is 21.3 Å². The van der Waals surface area contributed by atoms with Gasteiger partial charge in [-0.2, -0.15) is 4.31 Å². The third-order valence-corrected chi connectivity index (χ3v) is 10.2. The van der Waals surface area contributed by atoms with Crippen LogP contribution in [0.2, 0.25) is 0 Å². The number of aromatic nitrogens is 1. The summed E-state index contributed by atoms with van der Waals surface area (Å²) in [6.07, 6.45) is 1.83. The van der Waals surface area contributed by atoms with Crippen molar-refractivity contribution in [2.24, 2.45) is 10.9 Å². The van der Waals surface area contributed by atoms with Gasteiger partial charge in [-0.3, -0.25) is 4.90 Å². The molecule has 0 aliphatic carbocycles. The molecule has 8 nitrogen and oxygen atoms in total. The van der Waals surface area contributed by atoms with Crippen molar-refractivity contribution in [2.75, 3.05) is 52.5 Å². The van der Waals surface area contributed by atoms with Crippen molar-refractivity contribution < 1.29 is 17.9 Å². The lowest BCUT2D eigenvalue weighted by atomic mass is 10.0. The Morgan fingerprint density at radius 2 is 1.67 bits per heavy atom. The van der Waals surface area contributed by atoms with E-state index in [1.54, 1.807) is 27.8 Å². The molecule has 2 fully saturated rings. The molecular formula is C29H38N4O4S2. The molecule has 3 heterocycles. The van der Waals surface area contributed by atoms with Crippen molar-refractivity contribution in [3.8, 4) is 17.0 Å². The lowest BCUT2D eigenvalue weighted by Crippen LogP contribution is -2.39. The molecule has 0 radical (unpaired) electrons. The van der Waals surface area contributed by atoms with Crippen LogP contribution in [0.25, 0.3) is 11.3 Å². The van der Waals surface area contributed by atoms with Gasteiger partial charge in [-0.25, -0.2) is 13.4 Å². The number of morpholine rings is 1. The van der Waals surface area contributed by atoms with Crippen molar-refractivity contribution in [1.29, 1.82) is 0 Å². The summed E-state index contributed by atoms with van der Waals surface area (Å²) in [5.41, 5.74) is 2.88. The number of sulfonamides is 1. The fourth-order valence-electron chi connectivity index (χ4n) is 5.00. The Bertz CT molecular complexity index is 1380. The van der Waals surface area contributed by atoms with Gasteiger partial charge in [-0.1, -0.05) is 19.1 Å². The second-order valence-corrected chi connectivity index (χ2v) is 12.9. The van der Waals surface area contributed by atoms with Crippen LogP contribution in [0.15, 0.2) is 63.8 Å². The topological polar surface area (TPSA) is 76.4 Å². The van der Waals surface area contributed by atoms with E-state index < -0.39 is 10.0 Å². The Labute approximate surface area is 235 Å². The molecule has 0 unspecified atom stereocenters. The molecule has 0 bridgehead atoms. The van der Waals surface area contributed by atoms with Crippen molar-refractivity contribution in [3.05, 3.63) is 58.7 Å². The maximum atomic E-state index is 13.2. The van der Waals surface area contributed by atoms with Gasteiger partial charge in [-0.05, 0) is 67.6 Å². The van der Waals surface area contributed by atoms with Gasteiger partial charge in [0.1, 0.15) is 5.75 Å². The van der Waals surface area contributed by atoms with E-state index in [9.17, 15) is 8.42 Å². The zero-order chi connectivity index (χ0) is 27.2. The molecule has 5 rings (SSSR count). The monoisotopic (exact) mass is 570 g/mol. The Morgan fingerprint density at radius 1 is 0.974 bits per heavy atom. The van der Waals surface area contributed by atoms with Crippen LogP contribution in [-0.4, -0.2) is 74.7 Å². The first kappa shape index (κ1) is 28.0. The van der Waals surface area contributed by atoms with Crippen molar-refractivity contribution in [2.45, 2.75) is 38.1 Å². The predicted octanol–water partition coefficient (Wildman–Crippen LogP) is 4.60. The maximum Gasteiger partial charge on any atom is 0.243 e. The summed E-state index contributed by atoms with van der Waals surface area (Å²) < 4.78 is 41.4. The summed E-state index contributed by atoms with van der Waals surface area (Å²) in [5.74, 6) is 1.41. The van der Waals surface area contributed by atoms with Crippen LogP contribution >= 0.6 is 11.3 Å². The molecule has 39 heavy (non-hydrogen) atoms. The van der Waals surface area contributed by atoms with E-state index in [0.717, 1.165) is 79.7 Å². The molecule has 2 aliphatic rings. The van der Waals surface area contributed by atoms with Crippen molar-refractivity contribution in [1.82, 2.24) is 13.8 Å². The SMILES string of the molecule is CCOc1ccc(N=c2scc(-c3ccc(S(=O)(=O)N4CCC(C)CC4)cc3)n2CCN2CCOCC2)cc1. The van der Waals surface area contributed by atoms with E-state index in [0.29, 0.717) is 30.5 Å². The Hall–Kier alpha value is -2.50. The molecule has 0 spiro atoms. The summed E-state index contributed by atoms with van der Waals surface area (Å²) in [7, 11) is -3.48. The lowest BCUT2D eigenvalue weighted by Gasteiger charge is -2.29. The first-order valence-electron chi connectivity index (χ1n) is 13.8. The Balaban J connectivity index is 1.43. The molecule has 0 saturated carbocycles. The highest BCUT2D eigenvalue weighted by atomic mass is 32.2. The smallest absolute Gasteiger partial charge is 0.243 e. The normalized spacial score (nSPS) is 18.5. The van der Waals surface area contributed by atoms with E-state index in [4.69, 9.17) is 14.5 Å². The summed E-state index contributed by atoms with van der Waals surface area (Å²) >= 11 is 1.59. The average molecular weight is 571 g/mol. The highest BCUT2D eigenvalue weighted by Crippen LogP contribution is 2.27. The number of benzene rings is 2. The van der Waals surface area contributed by atoms with Gasteiger partial charge >= 0.3 is 0 Å². The van der Waals surface area contributed by atoms with Crippen LogP contribution in [0.3, 0.4) is 0 Å². The average Bonchev–Trinajstić information content (AvgIpc) is 3.36. The van der Waals surface area contributed by atoms with Gasteiger partial charge in [0.15, 0.2) is 4.80 Å². The fraction of sp³-hybridized carbons (Fsp3) is 0.483. The number of hydrogen-bond donors (Lipinski definition) is 0. The van der Waals surface area contributed by atoms with Gasteiger partial charge in [0, 0.05) is 44.6 Å². The zero-order valence-electron chi connectivity index (χ0n) is 22.8. The van der Waals surface area contributed by atoms with Gasteiger partial charge in [0.05, 0.1) is 36.1 Å². The highest BCUT2D eigenvalue weighted by molar-refractivity contribution is 7.89. The zero-order valence-corrected chi connectivity index (χ0v) is 24.4. The van der Waals surface area contributed by atoms with E-state index in [-0.39, 0.29) is 0 Å². The predicted molar refractivity (Wildman–Crippen MR) is 155 cm³/mol. The number of hydrogen-bond acceptors (Lipinski definition) is 7. The van der Waals surface area contributed by atoms with Crippen LogP contribution in [0, 0.1) is 5.92 Å². The van der Waals surface area contributed by atoms with Crippen molar-refractivity contribution in [3.63, 3.8) is 0 Å². The Kier molecular flexibility index (Phi) is 9.19. The van der Waals surface area contributed by atoms with Crippen LogP contribution < -0.4 is 9.54 Å². The lowest BCUT2D eigenvalue weighted by molar-refractivity contribution is 0.0363. The van der Waals surface area contributed by atoms with Crippen LogP contribution in [0.4, 0.5) is 5.69 Å². The summed E-state index contributed by atoms with van der Waals surface area (Å²) in [6, 6.07) is 15.2. The minimum absolute atomic E-state index is 0.357. The van der Waals surface area contributed by atoms with Gasteiger partial charge < -0.3 is 14.0 Å². The number of thiazole rings is 1. The van der Waals surface area contributed by atoms with Crippen molar-refractivity contribution >= 4 is 27.0 Å². The van der Waals surface area contributed by atoms with Crippen LogP contribution in [0.5, 0.6) is 5.75 Å². The molecule has 0 atom stereocenters.